The van der Waals surface area contributed by atoms with Crippen LogP contribution >= 0.6 is 0 Å². The predicted molar refractivity (Wildman–Crippen MR) is 102 cm³/mol. The van der Waals surface area contributed by atoms with E-state index >= 15 is 0 Å². The number of hydrogen-bond acceptors (Lipinski definition) is 4. The van der Waals surface area contributed by atoms with Crippen molar-refractivity contribution in [1.29, 1.82) is 0 Å². The molecule has 2 aromatic heterocycles. The van der Waals surface area contributed by atoms with Crippen LogP contribution in [0.3, 0.4) is 0 Å². The summed E-state index contributed by atoms with van der Waals surface area (Å²) in [5, 5.41) is 3.28. The number of halogens is 2. The van der Waals surface area contributed by atoms with Crippen LogP contribution in [-0.2, 0) is 5.54 Å². The quantitative estimate of drug-likeness (QED) is 0.686. The summed E-state index contributed by atoms with van der Waals surface area (Å²) in [7, 11) is 0. The highest BCUT2D eigenvalue weighted by Crippen LogP contribution is 2.40. The molecule has 1 aliphatic rings. The van der Waals surface area contributed by atoms with Crippen LogP contribution in [0, 0.1) is 18.7 Å². The maximum atomic E-state index is 13.9. The van der Waals surface area contributed by atoms with E-state index in [2.05, 4.69) is 15.3 Å². The van der Waals surface area contributed by atoms with E-state index in [-0.39, 0.29) is 17.4 Å². The molecule has 2 N–H and O–H groups in total. The minimum Gasteiger partial charge on any atom is -0.363 e. The van der Waals surface area contributed by atoms with Crippen LogP contribution in [0.4, 0.5) is 8.78 Å². The molecule has 1 aliphatic heterocycles. The summed E-state index contributed by atoms with van der Waals surface area (Å²) in [5.74, 6) is -0.518. The fourth-order valence-corrected chi connectivity index (χ4v) is 3.58. The summed E-state index contributed by atoms with van der Waals surface area (Å²) in [6, 6.07) is 12.2. The third-order valence-electron chi connectivity index (χ3n) is 5.08. The van der Waals surface area contributed by atoms with Gasteiger partial charge in [0.1, 0.15) is 17.2 Å². The number of aromatic amines is 1. The van der Waals surface area contributed by atoms with Crippen LogP contribution in [0.5, 0.6) is 0 Å². The number of H-pyrrole nitrogens is 1. The lowest BCUT2D eigenvalue weighted by Crippen LogP contribution is -2.41. The average Bonchev–Trinajstić information content (AvgIpc) is 3.03. The van der Waals surface area contributed by atoms with E-state index in [0.29, 0.717) is 28.2 Å². The number of aromatic nitrogens is 2. The van der Waals surface area contributed by atoms with Crippen LogP contribution < -0.4 is 10.9 Å². The molecule has 28 heavy (non-hydrogen) atoms. The normalized spacial score (nSPS) is 21.3. The lowest BCUT2D eigenvalue weighted by molar-refractivity contribution is 0.448. The molecule has 142 valence electrons. The maximum Gasteiger partial charge on any atom is 0.251 e. The van der Waals surface area contributed by atoms with Crippen LogP contribution in [0.1, 0.15) is 29.3 Å². The van der Waals surface area contributed by atoms with Gasteiger partial charge in [0.25, 0.3) is 5.56 Å². The van der Waals surface area contributed by atoms with Crippen molar-refractivity contribution in [2.45, 2.75) is 25.4 Å². The predicted octanol–water partition coefficient (Wildman–Crippen LogP) is 3.04. The zero-order valence-corrected chi connectivity index (χ0v) is 15.3. The van der Waals surface area contributed by atoms with Crippen molar-refractivity contribution in [3.63, 3.8) is 0 Å². The number of nitrogens with zero attached hydrogens (tertiary/aromatic N) is 2. The summed E-state index contributed by atoms with van der Waals surface area (Å²) in [5.41, 5.74) is 1.19. The van der Waals surface area contributed by atoms with E-state index in [1.807, 2.05) is 6.92 Å². The summed E-state index contributed by atoms with van der Waals surface area (Å²) in [4.78, 5) is 23.3. The second-order valence-electron chi connectivity index (χ2n) is 6.85. The van der Waals surface area contributed by atoms with Crippen LogP contribution in [0.15, 0.2) is 64.5 Å². The SMILES string of the molecule is Cc1ccc(C2=N[C@@](c3ccc(F)cc3)(c3ccnc(F)c3)[C@H](C)N2)[nH]c1=O. The van der Waals surface area contributed by atoms with Gasteiger partial charge in [-0.3, -0.25) is 4.79 Å². The molecule has 0 bridgehead atoms. The highest BCUT2D eigenvalue weighted by molar-refractivity contribution is 5.99. The number of rotatable bonds is 3. The molecule has 0 aliphatic carbocycles. The van der Waals surface area contributed by atoms with E-state index in [4.69, 9.17) is 4.99 Å². The molecule has 3 heterocycles. The molecule has 3 aromatic rings. The third kappa shape index (κ3) is 2.89. The van der Waals surface area contributed by atoms with Crippen LogP contribution in [0.25, 0.3) is 0 Å². The number of aryl methyl sites for hydroxylation is 1. The van der Waals surface area contributed by atoms with Gasteiger partial charge in [-0.25, -0.2) is 14.4 Å². The Balaban J connectivity index is 1.94. The fraction of sp³-hybridized carbons (Fsp3) is 0.190. The molecule has 7 heteroatoms. The second-order valence-corrected chi connectivity index (χ2v) is 6.85. The van der Waals surface area contributed by atoms with Crippen molar-refractivity contribution >= 4 is 5.84 Å². The number of nitrogens with one attached hydrogen (secondary N) is 2. The van der Waals surface area contributed by atoms with Crippen LogP contribution in [-0.4, -0.2) is 21.8 Å². The van der Waals surface area contributed by atoms with Gasteiger partial charge in [0.2, 0.25) is 5.95 Å². The summed E-state index contributed by atoms with van der Waals surface area (Å²) >= 11 is 0. The molecule has 0 unspecified atom stereocenters. The van der Waals surface area contributed by atoms with Gasteiger partial charge < -0.3 is 10.3 Å². The molecular formula is C21H18F2N4O. The lowest BCUT2D eigenvalue weighted by Gasteiger charge is -2.31. The molecule has 0 saturated carbocycles. The molecule has 0 spiro atoms. The topological polar surface area (TPSA) is 70.1 Å². The average molecular weight is 380 g/mol. The molecule has 0 saturated heterocycles. The molecule has 5 nitrogen and oxygen atoms in total. The molecule has 4 rings (SSSR count). The Morgan fingerprint density at radius 3 is 2.46 bits per heavy atom. The molecule has 2 atom stereocenters. The highest BCUT2D eigenvalue weighted by Gasteiger charge is 2.45. The number of amidine groups is 1. The summed E-state index contributed by atoms with van der Waals surface area (Å²) in [6.45, 7) is 3.63. The number of hydrogen-bond donors (Lipinski definition) is 2. The Morgan fingerprint density at radius 1 is 1.04 bits per heavy atom. The lowest BCUT2D eigenvalue weighted by atomic mass is 9.79. The highest BCUT2D eigenvalue weighted by atomic mass is 19.1. The van der Waals surface area contributed by atoms with Crippen molar-refractivity contribution in [2.24, 2.45) is 4.99 Å². The summed E-state index contributed by atoms with van der Waals surface area (Å²) < 4.78 is 27.5. The first-order valence-corrected chi connectivity index (χ1v) is 8.85. The third-order valence-corrected chi connectivity index (χ3v) is 5.08. The first-order valence-electron chi connectivity index (χ1n) is 8.85. The molecule has 0 radical (unpaired) electrons. The smallest absolute Gasteiger partial charge is 0.251 e. The largest absolute Gasteiger partial charge is 0.363 e. The Bertz CT molecular complexity index is 1120. The van der Waals surface area contributed by atoms with Crippen molar-refractivity contribution < 1.29 is 8.78 Å². The van der Waals surface area contributed by atoms with E-state index in [1.165, 1.54) is 24.4 Å². The van der Waals surface area contributed by atoms with Gasteiger partial charge in [-0.1, -0.05) is 18.2 Å². The second kappa shape index (κ2) is 6.67. The molecule has 0 amide bonds. The first-order chi connectivity index (χ1) is 13.4. The maximum absolute atomic E-state index is 13.9. The number of aliphatic imine (C=N–C) groups is 1. The molecular weight excluding hydrogens is 362 g/mol. The van der Waals surface area contributed by atoms with E-state index in [9.17, 15) is 13.6 Å². The monoisotopic (exact) mass is 380 g/mol. The Hall–Kier alpha value is -3.35. The Kier molecular flexibility index (Phi) is 4.30. The minimum absolute atomic E-state index is 0.205. The van der Waals surface area contributed by atoms with Crippen molar-refractivity contribution in [3.8, 4) is 0 Å². The van der Waals surface area contributed by atoms with E-state index < -0.39 is 11.5 Å². The van der Waals surface area contributed by atoms with Gasteiger partial charge >= 0.3 is 0 Å². The van der Waals surface area contributed by atoms with E-state index in [1.54, 1.807) is 37.3 Å². The minimum atomic E-state index is -1.01. The Labute approximate surface area is 160 Å². The van der Waals surface area contributed by atoms with Gasteiger partial charge in [-0.05, 0) is 55.3 Å². The Morgan fingerprint density at radius 2 is 1.79 bits per heavy atom. The van der Waals surface area contributed by atoms with Gasteiger partial charge in [0, 0.05) is 11.8 Å². The first kappa shape index (κ1) is 18.0. The van der Waals surface area contributed by atoms with Gasteiger partial charge in [-0.2, -0.15) is 4.39 Å². The van der Waals surface area contributed by atoms with Gasteiger partial charge in [0.05, 0.1) is 11.7 Å². The molecule has 0 fully saturated rings. The zero-order valence-electron chi connectivity index (χ0n) is 15.3. The van der Waals surface area contributed by atoms with Gasteiger partial charge in [0.15, 0.2) is 0 Å². The van der Waals surface area contributed by atoms with Gasteiger partial charge in [-0.15, -0.1) is 0 Å². The standard InChI is InChI=1S/C21H18F2N4O/c1-12-3-8-17(26-20(12)28)19-25-13(2)21(27-19,14-4-6-16(22)7-5-14)15-9-10-24-18(23)11-15/h3-11,13H,1-2H3,(H,25,27)(H,26,28)/t13-,21-/m0/s1. The van der Waals surface area contributed by atoms with Crippen molar-refractivity contribution in [3.05, 3.63) is 99.2 Å². The van der Waals surface area contributed by atoms with Crippen molar-refractivity contribution in [1.82, 2.24) is 15.3 Å². The zero-order chi connectivity index (χ0) is 19.9. The summed E-state index contributed by atoms with van der Waals surface area (Å²) in [6.07, 6.45) is 1.38. The number of benzene rings is 1. The van der Waals surface area contributed by atoms with E-state index in [0.717, 1.165) is 0 Å². The van der Waals surface area contributed by atoms with Crippen LogP contribution in [0.2, 0.25) is 0 Å². The van der Waals surface area contributed by atoms with Crippen molar-refractivity contribution in [2.75, 3.05) is 0 Å². The fourth-order valence-electron chi connectivity index (χ4n) is 3.58. The molecule has 1 aromatic carbocycles. The number of pyridine rings is 2.